The van der Waals surface area contributed by atoms with Crippen LogP contribution in [-0.2, 0) is 15.4 Å². The van der Waals surface area contributed by atoms with Gasteiger partial charge in [-0.3, -0.25) is 0 Å². The third-order valence-electron chi connectivity index (χ3n) is 6.52. The van der Waals surface area contributed by atoms with Crippen LogP contribution in [0.15, 0.2) is 65.8 Å². The summed E-state index contributed by atoms with van der Waals surface area (Å²) in [4.78, 5) is 12.8. The molecule has 1 aliphatic heterocycles. The number of rotatable bonds is 4. The van der Waals surface area contributed by atoms with Crippen molar-refractivity contribution >= 4 is 37.4 Å². The number of piperazine rings is 1. The van der Waals surface area contributed by atoms with Gasteiger partial charge in [-0.2, -0.15) is 4.31 Å². The van der Waals surface area contributed by atoms with E-state index in [4.69, 9.17) is 0 Å². The van der Waals surface area contributed by atoms with Crippen molar-refractivity contribution < 1.29 is 8.42 Å². The van der Waals surface area contributed by atoms with Gasteiger partial charge in [0.2, 0.25) is 10.0 Å². The van der Waals surface area contributed by atoms with Gasteiger partial charge in [-0.05, 0) is 41.7 Å². The summed E-state index contributed by atoms with van der Waals surface area (Å²) in [5, 5.41) is 0. The number of sulfonamides is 1. The maximum Gasteiger partial charge on any atom is 0.243 e. The molecule has 8 heteroatoms. The predicted molar refractivity (Wildman–Crippen MR) is 144 cm³/mol. The lowest BCUT2D eigenvalue weighted by molar-refractivity contribution is 0.384. The molecule has 0 atom stereocenters. The van der Waals surface area contributed by atoms with E-state index in [-0.39, 0.29) is 5.41 Å². The number of benzene rings is 2. The zero-order chi connectivity index (χ0) is 24.8. The maximum absolute atomic E-state index is 13.1. The van der Waals surface area contributed by atoms with Crippen LogP contribution >= 0.6 is 11.3 Å². The van der Waals surface area contributed by atoms with E-state index < -0.39 is 10.0 Å². The highest BCUT2D eigenvalue weighted by molar-refractivity contribution is 7.89. The first kappa shape index (κ1) is 23.9. The summed E-state index contributed by atoms with van der Waals surface area (Å²) in [6.45, 7) is 10.6. The summed E-state index contributed by atoms with van der Waals surface area (Å²) in [6.07, 6.45) is 1.60. The molecule has 0 amide bonds. The Labute approximate surface area is 211 Å². The molecule has 35 heavy (non-hydrogen) atoms. The van der Waals surface area contributed by atoms with Crippen LogP contribution in [0.2, 0.25) is 0 Å². The molecule has 182 valence electrons. The number of hydrogen-bond donors (Lipinski definition) is 0. The third kappa shape index (κ3) is 4.70. The van der Waals surface area contributed by atoms with E-state index in [0.717, 1.165) is 26.5 Å². The summed E-state index contributed by atoms with van der Waals surface area (Å²) in [5.41, 5.74) is 4.56. The lowest BCUT2D eigenvalue weighted by Crippen LogP contribution is -2.48. The average molecular weight is 507 g/mol. The van der Waals surface area contributed by atoms with Crippen molar-refractivity contribution in [1.82, 2.24) is 14.3 Å². The Morgan fingerprint density at radius 2 is 1.54 bits per heavy atom. The van der Waals surface area contributed by atoms with Crippen molar-refractivity contribution in [3.8, 4) is 10.4 Å². The zero-order valence-electron chi connectivity index (χ0n) is 20.5. The van der Waals surface area contributed by atoms with Gasteiger partial charge in [0.15, 0.2) is 0 Å². The van der Waals surface area contributed by atoms with E-state index in [0.29, 0.717) is 31.1 Å². The molecule has 0 saturated carbocycles. The second-order valence-electron chi connectivity index (χ2n) is 10.1. The van der Waals surface area contributed by atoms with Crippen LogP contribution < -0.4 is 4.90 Å². The minimum atomic E-state index is -3.50. The largest absolute Gasteiger partial charge is 0.353 e. The smallest absolute Gasteiger partial charge is 0.243 e. The van der Waals surface area contributed by atoms with Crippen LogP contribution in [0.5, 0.6) is 0 Å². The van der Waals surface area contributed by atoms with Gasteiger partial charge < -0.3 is 4.90 Å². The first-order valence-corrected chi connectivity index (χ1v) is 14.1. The number of fused-ring (bicyclic) bond motifs is 1. The number of anilines is 1. The standard InChI is InChI=1S/C27H30N4O2S2/c1-19-5-11-22(12-6-19)35(32,33)31-15-13-30(14-16-31)26-25-23(28-18-29-26)17-24(34-25)20-7-9-21(10-8-20)27(2,3)4/h5-12,17-18H,13-16H2,1-4H3. The average Bonchev–Trinajstić information content (AvgIpc) is 3.29. The maximum atomic E-state index is 13.1. The number of aromatic nitrogens is 2. The Bertz CT molecular complexity index is 1450. The molecule has 1 aliphatic rings. The molecule has 3 heterocycles. The zero-order valence-corrected chi connectivity index (χ0v) is 22.2. The topological polar surface area (TPSA) is 66.4 Å². The molecule has 2 aromatic carbocycles. The Hall–Kier alpha value is -2.81. The normalized spacial score (nSPS) is 15.6. The van der Waals surface area contributed by atoms with Crippen molar-refractivity contribution in [2.75, 3.05) is 31.1 Å². The summed E-state index contributed by atoms with van der Waals surface area (Å²) in [5.74, 6) is 0.880. The Morgan fingerprint density at radius 3 is 2.17 bits per heavy atom. The van der Waals surface area contributed by atoms with E-state index in [1.165, 1.54) is 11.1 Å². The first-order chi connectivity index (χ1) is 16.6. The molecule has 0 aliphatic carbocycles. The highest BCUT2D eigenvalue weighted by Gasteiger charge is 2.29. The molecule has 1 fully saturated rings. The van der Waals surface area contributed by atoms with E-state index in [1.54, 1.807) is 34.1 Å². The van der Waals surface area contributed by atoms with Crippen LogP contribution in [0.25, 0.3) is 20.7 Å². The summed E-state index contributed by atoms with van der Waals surface area (Å²) >= 11 is 1.69. The van der Waals surface area contributed by atoms with Crippen LogP contribution in [-0.4, -0.2) is 48.9 Å². The SMILES string of the molecule is Cc1ccc(S(=O)(=O)N2CCN(c3ncnc4cc(-c5ccc(C(C)(C)C)cc5)sc34)CC2)cc1. The van der Waals surface area contributed by atoms with Gasteiger partial charge in [0, 0.05) is 31.1 Å². The molecular formula is C27H30N4O2S2. The Morgan fingerprint density at radius 1 is 0.886 bits per heavy atom. The molecule has 0 spiro atoms. The highest BCUT2D eigenvalue weighted by Crippen LogP contribution is 2.38. The fraction of sp³-hybridized carbons (Fsp3) is 0.333. The van der Waals surface area contributed by atoms with E-state index in [1.807, 2.05) is 19.1 Å². The van der Waals surface area contributed by atoms with Crippen LogP contribution in [0.4, 0.5) is 5.82 Å². The molecule has 2 aromatic heterocycles. The minimum absolute atomic E-state index is 0.117. The monoisotopic (exact) mass is 506 g/mol. The molecular weight excluding hydrogens is 476 g/mol. The van der Waals surface area contributed by atoms with Crippen LogP contribution in [0, 0.1) is 6.92 Å². The van der Waals surface area contributed by atoms with Crippen molar-refractivity contribution in [2.24, 2.45) is 0 Å². The lowest BCUT2D eigenvalue weighted by Gasteiger charge is -2.34. The molecule has 5 rings (SSSR count). The fourth-order valence-corrected chi connectivity index (χ4v) is 6.90. The molecule has 1 saturated heterocycles. The quantitative estimate of drug-likeness (QED) is 0.367. The Kier molecular flexibility index (Phi) is 6.15. The van der Waals surface area contributed by atoms with Crippen LogP contribution in [0.3, 0.4) is 0 Å². The molecule has 0 unspecified atom stereocenters. The summed E-state index contributed by atoms with van der Waals surface area (Å²) < 4.78 is 28.8. The highest BCUT2D eigenvalue weighted by atomic mass is 32.2. The number of nitrogens with zero attached hydrogens (tertiary/aromatic N) is 4. The van der Waals surface area contributed by atoms with Crippen molar-refractivity contribution in [1.29, 1.82) is 0 Å². The van der Waals surface area contributed by atoms with E-state index >= 15 is 0 Å². The molecule has 0 radical (unpaired) electrons. The number of thiophene rings is 1. The van der Waals surface area contributed by atoms with Gasteiger partial charge >= 0.3 is 0 Å². The second kappa shape index (κ2) is 9.00. The fourth-order valence-electron chi connectivity index (χ4n) is 4.34. The van der Waals surface area contributed by atoms with Gasteiger partial charge in [0.05, 0.1) is 15.1 Å². The predicted octanol–water partition coefficient (Wildman–Crippen LogP) is 5.48. The van der Waals surface area contributed by atoms with Crippen molar-refractivity contribution in [3.05, 3.63) is 72.1 Å². The van der Waals surface area contributed by atoms with Crippen molar-refractivity contribution in [3.63, 3.8) is 0 Å². The third-order valence-corrected chi connectivity index (χ3v) is 9.61. The summed E-state index contributed by atoms with van der Waals surface area (Å²) in [6, 6.07) is 17.9. The molecule has 4 aromatic rings. The van der Waals surface area contributed by atoms with Gasteiger partial charge in [-0.25, -0.2) is 18.4 Å². The van der Waals surface area contributed by atoms with Crippen molar-refractivity contribution in [2.45, 2.75) is 38.0 Å². The molecule has 6 nitrogen and oxygen atoms in total. The number of hydrogen-bond acceptors (Lipinski definition) is 6. The first-order valence-electron chi connectivity index (χ1n) is 11.8. The Balaban J connectivity index is 1.37. The molecule has 0 N–H and O–H groups in total. The van der Waals surface area contributed by atoms with Gasteiger partial charge in [0.1, 0.15) is 12.1 Å². The van der Waals surface area contributed by atoms with Gasteiger partial charge in [-0.1, -0.05) is 62.7 Å². The van der Waals surface area contributed by atoms with E-state index in [9.17, 15) is 8.42 Å². The number of aryl methyl sites for hydroxylation is 1. The van der Waals surface area contributed by atoms with Crippen LogP contribution in [0.1, 0.15) is 31.9 Å². The van der Waals surface area contributed by atoms with E-state index in [2.05, 4.69) is 66.0 Å². The molecule has 0 bridgehead atoms. The van der Waals surface area contributed by atoms with Gasteiger partial charge in [-0.15, -0.1) is 11.3 Å². The lowest BCUT2D eigenvalue weighted by atomic mass is 9.86. The minimum Gasteiger partial charge on any atom is -0.353 e. The second-order valence-corrected chi connectivity index (χ2v) is 13.0. The van der Waals surface area contributed by atoms with Gasteiger partial charge in [0.25, 0.3) is 0 Å². The summed E-state index contributed by atoms with van der Waals surface area (Å²) in [7, 11) is -3.50.